The molecule has 0 fully saturated rings. The Hall–Kier alpha value is -1.24. The maximum absolute atomic E-state index is 12.8. The van der Waals surface area contributed by atoms with Crippen molar-refractivity contribution < 1.29 is 14.0 Å². The van der Waals surface area contributed by atoms with E-state index in [0.717, 1.165) is 4.90 Å². The predicted molar refractivity (Wildman–Crippen MR) is 60.8 cm³/mol. The molecule has 0 bridgehead atoms. The molecule has 0 unspecified atom stereocenters. The Morgan fingerprint density at radius 2 is 1.73 bits per heavy atom. The third kappa shape index (κ3) is 1.79. The zero-order valence-electron chi connectivity index (χ0n) is 7.41. The average molecular weight is 317 g/mol. The van der Waals surface area contributed by atoms with Crippen molar-refractivity contribution >= 4 is 40.1 Å². The number of carbonyl (C=O) groups excluding carboxylic acids is 2. The van der Waals surface area contributed by atoms with Crippen molar-refractivity contribution in [1.82, 2.24) is 0 Å². The van der Waals surface area contributed by atoms with E-state index in [-0.39, 0.29) is 0 Å². The van der Waals surface area contributed by atoms with Gasteiger partial charge < -0.3 is 0 Å². The number of anilines is 1. The quantitative estimate of drug-likeness (QED) is 0.586. The molecule has 0 saturated heterocycles. The molecular formula is C10H5FINO2. The Morgan fingerprint density at radius 3 is 2.27 bits per heavy atom. The molecule has 0 aliphatic carbocycles. The van der Waals surface area contributed by atoms with E-state index < -0.39 is 17.6 Å². The monoisotopic (exact) mass is 317 g/mol. The Labute approximate surface area is 98.7 Å². The number of hydrogen-bond donors (Lipinski definition) is 0. The molecule has 2 amide bonds. The van der Waals surface area contributed by atoms with Gasteiger partial charge in [-0.15, -0.1) is 0 Å². The number of carbonyl (C=O) groups is 2. The van der Waals surface area contributed by atoms with Gasteiger partial charge in [-0.3, -0.25) is 9.59 Å². The number of halogens is 2. The first-order valence-electron chi connectivity index (χ1n) is 4.11. The van der Waals surface area contributed by atoms with E-state index in [0.29, 0.717) is 9.26 Å². The van der Waals surface area contributed by atoms with Crippen molar-refractivity contribution in [3.05, 3.63) is 39.7 Å². The summed E-state index contributed by atoms with van der Waals surface area (Å²) in [6.45, 7) is 0. The molecule has 3 nitrogen and oxygen atoms in total. The van der Waals surface area contributed by atoms with E-state index in [1.807, 2.05) is 22.6 Å². The van der Waals surface area contributed by atoms with Crippen LogP contribution in [-0.4, -0.2) is 11.8 Å². The smallest absolute Gasteiger partial charge is 0.258 e. The van der Waals surface area contributed by atoms with Crippen molar-refractivity contribution in [2.75, 3.05) is 4.90 Å². The third-order valence-electron chi connectivity index (χ3n) is 1.96. The standard InChI is InChI=1S/C10H5FINO2/c11-6-1-2-8(7(12)5-6)13-9(14)3-4-10(13)15/h1-5H. The van der Waals surface area contributed by atoms with Crippen LogP contribution in [0, 0.1) is 9.39 Å². The van der Waals surface area contributed by atoms with Crippen LogP contribution in [0.1, 0.15) is 0 Å². The van der Waals surface area contributed by atoms with E-state index in [1.54, 1.807) is 0 Å². The lowest BCUT2D eigenvalue weighted by molar-refractivity contribution is -0.119. The zero-order chi connectivity index (χ0) is 11.0. The zero-order valence-corrected chi connectivity index (χ0v) is 9.56. The summed E-state index contributed by atoms with van der Waals surface area (Å²) in [5.74, 6) is -1.19. The molecule has 0 N–H and O–H groups in total. The van der Waals surface area contributed by atoms with Gasteiger partial charge >= 0.3 is 0 Å². The molecule has 0 saturated carbocycles. The minimum Gasteiger partial charge on any atom is -0.269 e. The lowest BCUT2D eigenvalue weighted by Gasteiger charge is -2.15. The van der Waals surface area contributed by atoms with Gasteiger partial charge in [0.25, 0.3) is 11.8 Å². The van der Waals surface area contributed by atoms with Gasteiger partial charge in [0.15, 0.2) is 0 Å². The highest BCUT2D eigenvalue weighted by molar-refractivity contribution is 14.1. The van der Waals surface area contributed by atoms with E-state index >= 15 is 0 Å². The van der Waals surface area contributed by atoms with E-state index in [9.17, 15) is 14.0 Å². The Balaban J connectivity index is 2.46. The number of hydrogen-bond acceptors (Lipinski definition) is 2. The molecular weight excluding hydrogens is 312 g/mol. The maximum Gasteiger partial charge on any atom is 0.258 e. The summed E-state index contributed by atoms with van der Waals surface area (Å²) in [6.07, 6.45) is 2.39. The first-order valence-corrected chi connectivity index (χ1v) is 5.18. The fourth-order valence-electron chi connectivity index (χ4n) is 1.30. The molecule has 0 radical (unpaired) electrons. The summed E-state index contributed by atoms with van der Waals surface area (Å²) < 4.78 is 13.3. The largest absolute Gasteiger partial charge is 0.269 e. The van der Waals surface area contributed by atoms with Crippen LogP contribution < -0.4 is 4.90 Å². The van der Waals surface area contributed by atoms with Gasteiger partial charge in [0.2, 0.25) is 0 Å². The van der Waals surface area contributed by atoms with Crippen molar-refractivity contribution in [1.29, 1.82) is 0 Å². The highest BCUT2D eigenvalue weighted by Gasteiger charge is 2.26. The van der Waals surface area contributed by atoms with Crippen molar-refractivity contribution in [2.45, 2.75) is 0 Å². The molecule has 2 rings (SSSR count). The van der Waals surface area contributed by atoms with Gasteiger partial charge in [0, 0.05) is 15.7 Å². The highest BCUT2D eigenvalue weighted by Crippen LogP contribution is 2.25. The van der Waals surface area contributed by atoms with Gasteiger partial charge in [0.1, 0.15) is 5.82 Å². The van der Waals surface area contributed by atoms with Gasteiger partial charge in [-0.05, 0) is 40.8 Å². The van der Waals surface area contributed by atoms with Crippen LogP contribution in [0.4, 0.5) is 10.1 Å². The van der Waals surface area contributed by atoms with Gasteiger partial charge in [-0.2, -0.15) is 0 Å². The van der Waals surface area contributed by atoms with Crippen LogP contribution in [0.2, 0.25) is 0 Å². The summed E-state index contributed by atoms with van der Waals surface area (Å²) >= 11 is 1.88. The van der Waals surface area contributed by atoms with Crippen LogP contribution in [0.5, 0.6) is 0 Å². The number of rotatable bonds is 1. The molecule has 0 spiro atoms. The van der Waals surface area contributed by atoms with Gasteiger partial charge in [0.05, 0.1) is 5.69 Å². The first kappa shape index (κ1) is 10.3. The topological polar surface area (TPSA) is 37.4 Å². The van der Waals surface area contributed by atoms with Crippen molar-refractivity contribution in [3.63, 3.8) is 0 Å². The number of nitrogens with zero attached hydrogens (tertiary/aromatic N) is 1. The third-order valence-corrected chi connectivity index (χ3v) is 2.82. The van der Waals surface area contributed by atoms with Gasteiger partial charge in [-0.1, -0.05) is 0 Å². The summed E-state index contributed by atoms with van der Waals surface area (Å²) in [4.78, 5) is 23.7. The van der Waals surface area contributed by atoms with Gasteiger partial charge in [-0.25, -0.2) is 9.29 Å². The number of amides is 2. The Kier molecular flexibility index (Phi) is 2.56. The molecule has 1 aromatic rings. The summed E-state index contributed by atoms with van der Waals surface area (Å²) in [7, 11) is 0. The van der Waals surface area contributed by atoms with E-state index in [2.05, 4.69) is 0 Å². The minimum atomic E-state index is -0.399. The maximum atomic E-state index is 12.8. The lowest BCUT2D eigenvalue weighted by Crippen LogP contribution is -2.30. The second-order valence-corrected chi connectivity index (χ2v) is 4.10. The lowest BCUT2D eigenvalue weighted by atomic mass is 10.3. The number of imide groups is 1. The second kappa shape index (κ2) is 3.73. The van der Waals surface area contributed by atoms with Crippen LogP contribution >= 0.6 is 22.6 Å². The normalized spacial score (nSPS) is 15.2. The Morgan fingerprint density at radius 1 is 1.13 bits per heavy atom. The van der Waals surface area contributed by atoms with Crippen LogP contribution in [0.15, 0.2) is 30.4 Å². The molecule has 1 heterocycles. The average Bonchev–Trinajstić information content (AvgIpc) is 2.48. The van der Waals surface area contributed by atoms with Crippen molar-refractivity contribution in [3.8, 4) is 0 Å². The molecule has 1 aliphatic heterocycles. The molecule has 15 heavy (non-hydrogen) atoms. The SMILES string of the molecule is O=C1C=CC(=O)N1c1ccc(F)cc1I. The summed E-state index contributed by atoms with van der Waals surface area (Å²) in [5, 5.41) is 0. The number of benzene rings is 1. The molecule has 76 valence electrons. The highest BCUT2D eigenvalue weighted by atomic mass is 127. The summed E-state index contributed by atoms with van der Waals surface area (Å²) in [5.41, 5.74) is 0.414. The Bertz CT molecular complexity index is 466. The molecule has 0 atom stereocenters. The predicted octanol–water partition coefficient (Wildman–Crippen LogP) is 1.86. The fourth-order valence-corrected chi connectivity index (χ4v) is 2.02. The van der Waals surface area contributed by atoms with E-state index in [1.165, 1.54) is 30.4 Å². The van der Waals surface area contributed by atoms with Crippen LogP contribution in [0.3, 0.4) is 0 Å². The van der Waals surface area contributed by atoms with Crippen LogP contribution in [-0.2, 0) is 9.59 Å². The molecule has 0 aromatic heterocycles. The van der Waals surface area contributed by atoms with E-state index in [4.69, 9.17) is 0 Å². The minimum absolute atomic E-state index is 0.393. The first-order chi connectivity index (χ1) is 7.09. The molecule has 1 aliphatic rings. The van der Waals surface area contributed by atoms with Crippen molar-refractivity contribution in [2.24, 2.45) is 0 Å². The molecule has 5 heteroatoms. The summed E-state index contributed by atoms with van der Waals surface area (Å²) in [6, 6.07) is 3.91. The fraction of sp³-hybridized carbons (Fsp3) is 0. The molecule has 1 aromatic carbocycles. The second-order valence-electron chi connectivity index (χ2n) is 2.94. The van der Waals surface area contributed by atoms with Crippen LogP contribution in [0.25, 0.3) is 0 Å².